The molecule has 2 atom stereocenters. The molecule has 0 radical (unpaired) electrons. The van der Waals surface area contributed by atoms with Gasteiger partial charge in [0.05, 0.1) is 34.4 Å². The Morgan fingerprint density at radius 3 is 1.36 bits per heavy atom. The number of ether oxygens (including phenoxy) is 3. The highest BCUT2D eigenvalue weighted by Gasteiger charge is 2.31. The third-order valence-corrected chi connectivity index (χ3v) is 10.2. The number of rotatable bonds is 40. The van der Waals surface area contributed by atoms with Gasteiger partial charge in [-0.1, -0.05) is 161 Å². The van der Waals surface area contributed by atoms with Crippen molar-refractivity contribution in [2.24, 2.45) is 0 Å². The van der Waals surface area contributed by atoms with Crippen molar-refractivity contribution in [3.05, 3.63) is 12.2 Å². The van der Waals surface area contributed by atoms with E-state index in [1.807, 2.05) is 21.1 Å². The van der Waals surface area contributed by atoms with Crippen LogP contribution in [0.1, 0.15) is 206 Å². The van der Waals surface area contributed by atoms with Crippen LogP contribution in [0.2, 0.25) is 0 Å². The lowest BCUT2D eigenvalue weighted by Gasteiger charge is -2.31. The van der Waals surface area contributed by atoms with E-state index in [9.17, 15) is 19.5 Å². The minimum Gasteiger partial charge on any atom is -0.477 e. The first-order valence-corrected chi connectivity index (χ1v) is 22.2. The number of nitrogens with zero attached hydrogens (tertiary/aromatic N) is 1. The summed E-state index contributed by atoms with van der Waals surface area (Å²) < 4.78 is 17.3. The summed E-state index contributed by atoms with van der Waals surface area (Å²) in [7, 11) is 5.53. The molecule has 0 aromatic heterocycles. The number of hydrogen-bond acceptors (Lipinski definition) is 6. The highest BCUT2D eigenvalue weighted by atomic mass is 16.6. The number of hydrogen-bond donors (Lipinski definition) is 1. The molecule has 0 aliphatic carbocycles. The molecule has 0 fully saturated rings. The summed E-state index contributed by atoms with van der Waals surface area (Å²) in [6.45, 7) is 4.74. The molecule has 0 aromatic carbocycles. The van der Waals surface area contributed by atoms with Crippen LogP contribution in [-0.2, 0) is 28.6 Å². The summed E-state index contributed by atoms with van der Waals surface area (Å²) in [5, 5.41) is 9.60. The fourth-order valence-electron chi connectivity index (χ4n) is 6.67. The number of quaternary nitrogens is 1. The first-order valence-electron chi connectivity index (χ1n) is 22.2. The predicted octanol–water partition coefficient (Wildman–Crippen LogP) is 11.9. The third-order valence-electron chi connectivity index (χ3n) is 10.2. The molecule has 0 aromatic rings. The zero-order chi connectivity index (χ0) is 39.3. The van der Waals surface area contributed by atoms with Gasteiger partial charge in [-0.25, -0.2) is 4.79 Å². The molecule has 2 unspecified atom stereocenters. The molecular weight excluding hydrogens is 666 g/mol. The average Bonchev–Trinajstić information content (AvgIpc) is 3.11. The molecule has 312 valence electrons. The van der Waals surface area contributed by atoms with Gasteiger partial charge in [0, 0.05) is 19.3 Å². The summed E-state index contributed by atoms with van der Waals surface area (Å²) in [4.78, 5) is 36.9. The Balaban J connectivity index is 4.28. The van der Waals surface area contributed by atoms with Crippen molar-refractivity contribution in [3.8, 4) is 0 Å². The molecule has 8 nitrogen and oxygen atoms in total. The number of likely N-dealkylation sites (N-methyl/N-ethyl adjacent to an activating group) is 1. The minimum absolute atomic E-state index is 0.0497. The van der Waals surface area contributed by atoms with E-state index < -0.39 is 18.1 Å². The number of allylic oxidation sites excluding steroid dienone is 2. The number of unbranched alkanes of at least 4 members (excludes halogenated alkanes) is 24. The predicted molar refractivity (Wildman–Crippen MR) is 220 cm³/mol. The molecule has 0 heterocycles. The number of carbonyl (C=O) groups excluding carboxylic acids is 2. The zero-order valence-corrected chi connectivity index (χ0v) is 35.5. The Hall–Kier alpha value is -1.93. The maximum Gasteiger partial charge on any atom is 0.362 e. The van der Waals surface area contributed by atoms with E-state index in [2.05, 4.69) is 26.0 Å². The molecule has 0 saturated carbocycles. The van der Waals surface area contributed by atoms with E-state index in [4.69, 9.17) is 14.2 Å². The number of carbonyl (C=O) groups is 3. The molecular formula is C45H86NO7+. The van der Waals surface area contributed by atoms with Gasteiger partial charge in [-0.15, -0.1) is 0 Å². The topological polar surface area (TPSA) is 99.1 Å². The van der Waals surface area contributed by atoms with Gasteiger partial charge in [0.1, 0.15) is 6.61 Å². The Kier molecular flexibility index (Phi) is 35.7. The lowest BCUT2D eigenvalue weighted by molar-refractivity contribution is -0.887. The van der Waals surface area contributed by atoms with Crippen LogP contribution in [0.3, 0.4) is 0 Å². The van der Waals surface area contributed by atoms with Crippen LogP contribution in [0.5, 0.6) is 0 Å². The highest BCUT2D eigenvalue weighted by Crippen LogP contribution is 2.15. The molecule has 53 heavy (non-hydrogen) atoms. The Bertz CT molecular complexity index is 885. The molecule has 1 N–H and O–H groups in total. The van der Waals surface area contributed by atoms with Gasteiger partial charge in [-0.3, -0.25) is 9.59 Å². The van der Waals surface area contributed by atoms with Gasteiger partial charge in [-0.05, 0) is 38.5 Å². The van der Waals surface area contributed by atoms with Gasteiger partial charge >= 0.3 is 17.9 Å². The minimum atomic E-state index is -0.874. The van der Waals surface area contributed by atoms with Crippen molar-refractivity contribution in [3.63, 3.8) is 0 Å². The van der Waals surface area contributed by atoms with Gasteiger partial charge in [0.2, 0.25) is 0 Å². The maximum absolute atomic E-state index is 12.7. The summed E-state index contributed by atoms with van der Waals surface area (Å²) in [6, 6.07) is -0.610. The SMILES string of the molecule is CCCCCCCCCCC/C=C/CCCCCCCC(=O)OCC(COCCC(C(=O)O)[N+](C)(C)C)OC(=O)CCCCCCCCCCCCC. The Labute approximate surface area is 327 Å². The van der Waals surface area contributed by atoms with Crippen LogP contribution >= 0.6 is 0 Å². The van der Waals surface area contributed by atoms with E-state index in [0.717, 1.165) is 44.9 Å². The van der Waals surface area contributed by atoms with E-state index in [-0.39, 0.29) is 36.2 Å². The average molecular weight is 753 g/mol. The Morgan fingerprint density at radius 2 is 0.943 bits per heavy atom. The van der Waals surface area contributed by atoms with Crippen molar-refractivity contribution >= 4 is 17.9 Å². The van der Waals surface area contributed by atoms with Crippen LogP contribution in [0.15, 0.2) is 12.2 Å². The van der Waals surface area contributed by atoms with E-state index >= 15 is 0 Å². The number of carboxylic acids is 1. The largest absolute Gasteiger partial charge is 0.477 e. The van der Waals surface area contributed by atoms with Crippen LogP contribution in [-0.4, -0.2) is 80.6 Å². The number of esters is 2. The summed E-state index contributed by atoms with van der Waals surface area (Å²) in [5.74, 6) is -1.47. The molecule has 0 bridgehead atoms. The lowest BCUT2D eigenvalue weighted by atomic mass is 10.1. The van der Waals surface area contributed by atoms with Gasteiger partial charge in [-0.2, -0.15) is 0 Å². The van der Waals surface area contributed by atoms with Crippen molar-refractivity contribution in [2.75, 3.05) is 41.0 Å². The maximum atomic E-state index is 12.7. The van der Waals surface area contributed by atoms with Crippen molar-refractivity contribution in [1.82, 2.24) is 0 Å². The summed E-state index contributed by atoms with van der Waals surface area (Å²) in [6.07, 6.45) is 38.2. The van der Waals surface area contributed by atoms with Crippen molar-refractivity contribution in [2.45, 2.75) is 219 Å². The van der Waals surface area contributed by atoms with Crippen molar-refractivity contribution in [1.29, 1.82) is 0 Å². The highest BCUT2D eigenvalue weighted by molar-refractivity contribution is 5.72. The fourth-order valence-corrected chi connectivity index (χ4v) is 6.67. The second-order valence-electron chi connectivity index (χ2n) is 16.3. The standard InChI is InChI=1S/C45H85NO7/c1-6-8-10-12-14-16-18-19-20-21-22-23-24-26-27-29-31-33-35-43(47)52-40-41(39-51-38-37-42(45(49)50)46(3,4)5)53-44(48)36-34-32-30-28-25-17-15-13-11-9-7-2/h22-23,41-42H,6-21,24-40H2,1-5H3/p+1/b23-22+. The molecule has 8 heteroatoms. The summed E-state index contributed by atoms with van der Waals surface area (Å²) >= 11 is 0. The second kappa shape index (κ2) is 37.0. The zero-order valence-electron chi connectivity index (χ0n) is 35.5. The monoisotopic (exact) mass is 753 g/mol. The van der Waals surface area contributed by atoms with E-state index in [1.54, 1.807) is 0 Å². The molecule has 0 saturated heterocycles. The molecule has 0 amide bonds. The van der Waals surface area contributed by atoms with Crippen LogP contribution in [0.4, 0.5) is 0 Å². The van der Waals surface area contributed by atoms with Crippen LogP contribution < -0.4 is 0 Å². The second-order valence-corrected chi connectivity index (χ2v) is 16.3. The van der Waals surface area contributed by atoms with Gasteiger partial charge in [0.25, 0.3) is 0 Å². The lowest BCUT2D eigenvalue weighted by Crippen LogP contribution is -2.50. The van der Waals surface area contributed by atoms with E-state index in [1.165, 1.54) is 128 Å². The van der Waals surface area contributed by atoms with Gasteiger partial charge < -0.3 is 23.8 Å². The van der Waals surface area contributed by atoms with Crippen LogP contribution in [0.25, 0.3) is 0 Å². The Morgan fingerprint density at radius 1 is 0.547 bits per heavy atom. The number of aliphatic carboxylic acids is 1. The fraction of sp³-hybridized carbons (Fsp3) is 0.889. The number of carboxylic acid groups (broad SMARTS) is 1. The molecule has 0 aliphatic rings. The van der Waals surface area contributed by atoms with E-state index in [0.29, 0.717) is 19.3 Å². The van der Waals surface area contributed by atoms with Crippen molar-refractivity contribution < 1.29 is 38.2 Å². The quantitative estimate of drug-likeness (QED) is 0.0288. The van der Waals surface area contributed by atoms with Gasteiger partial charge in [0.15, 0.2) is 12.1 Å². The normalized spacial score (nSPS) is 13.0. The third kappa shape index (κ3) is 35.5. The smallest absolute Gasteiger partial charge is 0.362 e. The van der Waals surface area contributed by atoms with Crippen LogP contribution in [0, 0.1) is 0 Å². The summed E-state index contributed by atoms with van der Waals surface area (Å²) in [5.41, 5.74) is 0. The first-order chi connectivity index (χ1) is 25.6. The molecule has 0 spiro atoms. The molecule has 0 aliphatic heterocycles. The first kappa shape index (κ1) is 51.1. The molecule has 0 rings (SSSR count).